The summed E-state index contributed by atoms with van der Waals surface area (Å²) in [5.41, 5.74) is 2.44. The van der Waals surface area contributed by atoms with Gasteiger partial charge in [0.1, 0.15) is 0 Å². The van der Waals surface area contributed by atoms with Crippen LogP contribution in [0.3, 0.4) is 0 Å². The third-order valence-electron chi connectivity index (χ3n) is 3.42. The molecule has 0 radical (unpaired) electrons. The first-order valence-corrected chi connectivity index (χ1v) is 8.88. The minimum atomic E-state index is -3.68. The van der Waals surface area contributed by atoms with Crippen LogP contribution in [0.1, 0.15) is 13.8 Å². The summed E-state index contributed by atoms with van der Waals surface area (Å²) in [6.07, 6.45) is 0. The quantitative estimate of drug-likeness (QED) is 0.820. The second-order valence-electron chi connectivity index (χ2n) is 4.93. The van der Waals surface area contributed by atoms with E-state index in [0.717, 1.165) is 24.5 Å². The molecule has 0 bridgehead atoms. The largest absolute Gasteiger partial charge is 0.372 e. The zero-order valence-corrected chi connectivity index (χ0v) is 14.0. The highest BCUT2D eigenvalue weighted by Gasteiger charge is 2.06. The number of rotatable bonds is 6. The number of nitrogens with zero attached hydrogens (tertiary/aromatic N) is 3. The van der Waals surface area contributed by atoms with E-state index in [0.29, 0.717) is 5.69 Å². The van der Waals surface area contributed by atoms with E-state index in [1.54, 1.807) is 12.1 Å². The highest BCUT2D eigenvalue weighted by Crippen LogP contribution is 2.22. The van der Waals surface area contributed by atoms with Gasteiger partial charge in [-0.2, -0.15) is 10.2 Å². The highest BCUT2D eigenvalue weighted by molar-refractivity contribution is 7.89. The third-order valence-corrected chi connectivity index (χ3v) is 4.35. The van der Waals surface area contributed by atoms with Gasteiger partial charge in [-0.05, 0) is 62.4 Å². The zero-order chi connectivity index (χ0) is 16.9. The van der Waals surface area contributed by atoms with Gasteiger partial charge in [-0.3, -0.25) is 0 Å². The van der Waals surface area contributed by atoms with Crippen molar-refractivity contribution in [3.8, 4) is 0 Å². The zero-order valence-electron chi connectivity index (χ0n) is 13.2. The summed E-state index contributed by atoms with van der Waals surface area (Å²) in [4.78, 5) is 2.30. The average molecular weight is 332 g/mol. The molecule has 0 spiro atoms. The summed E-state index contributed by atoms with van der Waals surface area (Å²) < 4.78 is 22.4. The standard InChI is InChI=1S/C16H20N4O2S/c1-3-20(4-2)15-9-5-13(6-10-15)18-19-14-7-11-16(12-8-14)23(17,21)22/h5-12H,3-4H2,1-2H3,(H2,17,21,22)/b19-18+. The lowest BCUT2D eigenvalue weighted by atomic mass is 10.2. The third kappa shape index (κ3) is 4.61. The predicted octanol–water partition coefficient (Wildman–Crippen LogP) is 3.60. The summed E-state index contributed by atoms with van der Waals surface area (Å²) in [5.74, 6) is 0. The molecule has 0 atom stereocenters. The second kappa shape index (κ2) is 7.34. The maximum Gasteiger partial charge on any atom is 0.238 e. The lowest BCUT2D eigenvalue weighted by Crippen LogP contribution is -2.21. The fraction of sp³-hybridized carbons (Fsp3) is 0.250. The van der Waals surface area contributed by atoms with Crippen LogP contribution in [0.2, 0.25) is 0 Å². The number of benzene rings is 2. The Morgan fingerprint density at radius 1 is 0.870 bits per heavy atom. The molecule has 0 saturated heterocycles. The van der Waals surface area contributed by atoms with E-state index in [1.807, 2.05) is 24.3 Å². The number of sulfonamides is 1. The highest BCUT2D eigenvalue weighted by atomic mass is 32.2. The lowest BCUT2D eigenvalue weighted by Gasteiger charge is -2.20. The van der Waals surface area contributed by atoms with Gasteiger partial charge in [-0.15, -0.1) is 0 Å². The van der Waals surface area contributed by atoms with Crippen molar-refractivity contribution in [3.63, 3.8) is 0 Å². The molecule has 2 aromatic carbocycles. The second-order valence-corrected chi connectivity index (χ2v) is 6.49. The van der Waals surface area contributed by atoms with Crippen LogP contribution in [0, 0.1) is 0 Å². The Labute approximate surface area is 136 Å². The van der Waals surface area contributed by atoms with Gasteiger partial charge < -0.3 is 4.90 Å². The Hall–Kier alpha value is -2.25. The first kappa shape index (κ1) is 17.1. The van der Waals surface area contributed by atoms with Gasteiger partial charge in [-0.1, -0.05) is 0 Å². The Kier molecular flexibility index (Phi) is 5.46. The molecule has 0 aromatic heterocycles. The molecule has 0 aliphatic rings. The Morgan fingerprint density at radius 2 is 1.30 bits per heavy atom. The number of hydrogen-bond acceptors (Lipinski definition) is 5. The fourth-order valence-electron chi connectivity index (χ4n) is 2.14. The number of nitrogens with two attached hydrogens (primary N) is 1. The molecule has 2 rings (SSSR count). The number of anilines is 1. The molecule has 0 unspecified atom stereocenters. The molecule has 0 aliphatic carbocycles. The molecule has 2 aromatic rings. The molecule has 7 heteroatoms. The van der Waals surface area contributed by atoms with Gasteiger partial charge in [0.25, 0.3) is 0 Å². The van der Waals surface area contributed by atoms with Crippen molar-refractivity contribution in [1.29, 1.82) is 0 Å². The van der Waals surface area contributed by atoms with Gasteiger partial charge in [-0.25, -0.2) is 13.6 Å². The van der Waals surface area contributed by atoms with E-state index < -0.39 is 10.0 Å². The van der Waals surface area contributed by atoms with Crippen molar-refractivity contribution < 1.29 is 8.42 Å². The topological polar surface area (TPSA) is 88.1 Å². The van der Waals surface area contributed by atoms with E-state index in [-0.39, 0.29) is 4.90 Å². The summed E-state index contributed by atoms with van der Waals surface area (Å²) in [7, 11) is -3.68. The summed E-state index contributed by atoms with van der Waals surface area (Å²) in [6, 6.07) is 13.8. The van der Waals surface area contributed by atoms with Crippen molar-refractivity contribution in [2.45, 2.75) is 18.7 Å². The summed E-state index contributed by atoms with van der Waals surface area (Å²) in [6.45, 7) is 6.13. The molecule has 0 aliphatic heterocycles. The van der Waals surface area contributed by atoms with Crippen molar-refractivity contribution in [3.05, 3.63) is 48.5 Å². The molecule has 6 nitrogen and oxygen atoms in total. The first-order chi connectivity index (χ1) is 10.9. The normalized spacial score (nSPS) is 11.8. The van der Waals surface area contributed by atoms with Crippen molar-refractivity contribution in [2.24, 2.45) is 15.4 Å². The molecular formula is C16H20N4O2S. The fourth-order valence-corrected chi connectivity index (χ4v) is 2.65. The van der Waals surface area contributed by atoms with Gasteiger partial charge in [0.05, 0.1) is 16.3 Å². The van der Waals surface area contributed by atoms with Crippen LogP contribution in [0.25, 0.3) is 0 Å². The van der Waals surface area contributed by atoms with Crippen LogP contribution >= 0.6 is 0 Å². The Balaban J connectivity index is 2.11. The van der Waals surface area contributed by atoms with E-state index in [2.05, 4.69) is 29.0 Å². The maximum absolute atomic E-state index is 11.2. The molecule has 0 heterocycles. The SMILES string of the molecule is CCN(CC)c1ccc(/N=N/c2ccc(S(N)(=O)=O)cc2)cc1. The lowest BCUT2D eigenvalue weighted by molar-refractivity contribution is 0.598. The molecule has 0 amide bonds. The minimum absolute atomic E-state index is 0.0556. The average Bonchev–Trinajstić information content (AvgIpc) is 2.55. The number of primary sulfonamides is 1. The van der Waals surface area contributed by atoms with Gasteiger partial charge in [0.2, 0.25) is 10.0 Å². The summed E-state index contributed by atoms with van der Waals surface area (Å²) >= 11 is 0. The molecule has 122 valence electrons. The van der Waals surface area contributed by atoms with E-state index >= 15 is 0 Å². The Bertz CT molecular complexity index is 765. The van der Waals surface area contributed by atoms with E-state index in [9.17, 15) is 8.42 Å². The molecular weight excluding hydrogens is 312 g/mol. The molecule has 0 fully saturated rings. The van der Waals surface area contributed by atoms with Crippen LogP contribution in [-0.4, -0.2) is 21.5 Å². The van der Waals surface area contributed by atoms with Gasteiger partial charge >= 0.3 is 0 Å². The molecule has 0 saturated carbocycles. The summed E-state index contributed by atoms with van der Waals surface area (Å²) in [5, 5.41) is 13.3. The first-order valence-electron chi connectivity index (χ1n) is 7.33. The number of azo groups is 1. The van der Waals surface area contributed by atoms with Gasteiger partial charge in [0.15, 0.2) is 0 Å². The van der Waals surface area contributed by atoms with Crippen molar-refractivity contribution >= 4 is 27.1 Å². The van der Waals surface area contributed by atoms with E-state index in [4.69, 9.17) is 5.14 Å². The van der Waals surface area contributed by atoms with Crippen LogP contribution < -0.4 is 10.0 Å². The predicted molar refractivity (Wildman–Crippen MR) is 92.0 cm³/mol. The molecule has 23 heavy (non-hydrogen) atoms. The maximum atomic E-state index is 11.2. The number of hydrogen-bond donors (Lipinski definition) is 1. The van der Waals surface area contributed by atoms with E-state index in [1.165, 1.54) is 12.1 Å². The monoisotopic (exact) mass is 332 g/mol. The smallest absolute Gasteiger partial charge is 0.238 e. The molecule has 2 N–H and O–H groups in total. The van der Waals surface area contributed by atoms with Crippen LogP contribution in [0.4, 0.5) is 17.1 Å². The van der Waals surface area contributed by atoms with Gasteiger partial charge in [0, 0.05) is 18.8 Å². The van der Waals surface area contributed by atoms with Crippen molar-refractivity contribution in [2.75, 3.05) is 18.0 Å². The minimum Gasteiger partial charge on any atom is -0.372 e. The van der Waals surface area contributed by atoms with Crippen molar-refractivity contribution in [1.82, 2.24) is 0 Å². The van der Waals surface area contributed by atoms with Crippen LogP contribution in [0.15, 0.2) is 63.7 Å². The van der Waals surface area contributed by atoms with Crippen LogP contribution in [0.5, 0.6) is 0 Å². The van der Waals surface area contributed by atoms with Crippen LogP contribution in [-0.2, 0) is 10.0 Å². The Morgan fingerprint density at radius 3 is 1.70 bits per heavy atom.